The van der Waals surface area contributed by atoms with E-state index in [4.69, 9.17) is 16.3 Å². The molecular formula is C18H19ClO. The van der Waals surface area contributed by atoms with Gasteiger partial charge in [-0.25, -0.2) is 0 Å². The lowest BCUT2D eigenvalue weighted by Crippen LogP contribution is -2.23. The fourth-order valence-electron chi connectivity index (χ4n) is 2.87. The minimum Gasteiger partial charge on any atom is -0.373 e. The van der Waals surface area contributed by atoms with Gasteiger partial charge in [0.25, 0.3) is 0 Å². The monoisotopic (exact) mass is 286 g/mol. The van der Waals surface area contributed by atoms with Gasteiger partial charge in [0.1, 0.15) is 0 Å². The number of rotatable bonds is 3. The van der Waals surface area contributed by atoms with Crippen LogP contribution in [0.4, 0.5) is 0 Å². The van der Waals surface area contributed by atoms with E-state index in [0.29, 0.717) is 11.8 Å². The van der Waals surface area contributed by atoms with Gasteiger partial charge in [-0.1, -0.05) is 54.6 Å². The van der Waals surface area contributed by atoms with Crippen molar-refractivity contribution in [3.05, 3.63) is 60.2 Å². The molecule has 2 aromatic rings. The summed E-state index contributed by atoms with van der Waals surface area (Å²) in [6, 6.07) is 19.1. The van der Waals surface area contributed by atoms with E-state index >= 15 is 0 Å². The lowest BCUT2D eigenvalue weighted by molar-refractivity contribution is -0.0208. The maximum atomic E-state index is 6.07. The van der Waals surface area contributed by atoms with Crippen molar-refractivity contribution in [1.29, 1.82) is 0 Å². The molecule has 0 aromatic heterocycles. The molecule has 0 saturated carbocycles. The summed E-state index contributed by atoms with van der Waals surface area (Å²) in [4.78, 5) is 0. The first kappa shape index (κ1) is 13.7. The average molecular weight is 287 g/mol. The molecule has 20 heavy (non-hydrogen) atoms. The molecule has 3 rings (SSSR count). The molecule has 1 saturated heterocycles. The van der Waals surface area contributed by atoms with Crippen LogP contribution in [0.5, 0.6) is 0 Å². The molecule has 2 unspecified atom stereocenters. The third kappa shape index (κ3) is 2.89. The number of ether oxygens (including phenoxy) is 1. The molecule has 1 nitrogen and oxygen atoms in total. The summed E-state index contributed by atoms with van der Waals surface area (Å²) in [5, 5.41) is 0. The van der Waals surface area contributed by atoms with Crippen LogP contribution in [0.25, 0.3) is 11.1 Å². The third-order valence-electron chi connectivity index (χ3n) is 3.99. The van der Waals surface area contributed by atoms with E-state index in [1.165, 1.54) is 16.7 Å². The van der Waals surface area contributed by atoms with Crippen molar-refractivity contribution in [2.45, 2.75) is 18.9 Å². The molecule has 2 heteroatoms. The first-order valence-electron chi connectivity index (χ1n) is 7.21. The van der Waals surface area contributed by atoms with E-state index in [0.717, 1.165) is 19.4 Å². The van der Waals surface area contributed by atoms with Crippen molar-refractivity contribution >= 4 is 11.6 Å². The number of hydrogen-bond donors (Lipinski definition) is 0. The smallest absolute Gasteiger partial charge is 0.0864 e. The normalized spacial score (nSPS) is 22.6. The molecule has 0 bridgehead atoms. The lowest BCUT2D eigenvalue weighted by atomic mass is 9.90. The largest absolute Gasteiger partial charge is 0.373 e. The molecule has 0 N–H and O–H groups in total. The Morgan fingerprint density at radius 1 is 0.950 bits per heavy atom. The predicted molar refractivity (Wildman–Crippen MR) is 84.0 cm³/mol. The summed E-state index contributed by atoms with van der Waals surface area (Å²) < 4.78 is 5.93. The first-order valence-corrected chi connectivity index (χ1v) is 7.75. The molecule has 0 spiro atoms. The minimum absolute atomic E-state index is 0.158. The Morgan fingerprint density at radius 3 is 2.35 bits per heavy atom. The number of benzene rings is 2. The Morgan fingerprint density at radius 2 is 1.65 bits per heavy atom. The van der Waals surface area contributed by atoms with E-state index in [2.05, 4.69) is 48.5 Å². The molecule has 1 heterocycles. The van der Waals surface area contributed by atoms with Crippen molar-refractivity contribution < 1.29 is 4.74 Å². The van der Waals surface area contributed by atoms with E-state index in [9.17, 15) is 0 Å². The second-order valence-electron chi connectivity index (χ2n) is 5.34. The van der Waals surface area contributed by atoms with Gasteiger partial charge in [-0.15, -0.1) is 11.6 Å². The first-order chi connectivity index (χ1) is 9.88. The maximum Gasteiger partial charge on any atom is 0.0864 e. The van der Waals surface area contributed by atoms with Crippen LogP contribution in [0, 0.1) is 5.92 Å². The Hall–Kier alpha value is -1.31. The van der Waals surface area contributed by atoms with E-state index in [1.807, 2.05) is 6.07 Å². The summed E-state index contributed by atoms with van der Waals surface area (Å²) in [5.74, 6) is 1.11. The maximum absolute atomic E-state index is 6.07. The molecule has 2 atom stereocenters. The van der Waals surface area contributed by atoms with Crippen LogP contribution in [0.15, 0.2) is 54.6 Å². The second-order valence-corrected chi connectivity index (χ2v) is 5.64. The van der Waals surface area contributed by atoms with Gasteiger partial charge in [0.15, 0.2) is 0 Å². The summed E-state index contributed by atoms with van der Waals surface area (Å²) in [7, 11) is 0. The topological polar surface area (TPSA) is 9.23 Å². The molecule has 104 valence electrons. The van der Waals surface area contributed by atoms with Crippen molar-refractivity contribution in [2.24, 2.45) is 5.92 Å². The third-order valence-corrected chi connectivity index (χ3v) is 4.39. The van der Waals surface area contributed by atoms with Crippen molar-refractivity contribution in [3.8, 4) is 11.1 Å². The zero-order chi connectivity index (χ0) is 13.8. The molecule has 1 fully saturated rings. The fourth-order valence-corrected chi connectivity index (χ4v) is 3.18. The second kappa shape index (κ2) is 6.43. The van der Waals surface area contributed by atoms with E-state index < -0.39 is 0 Å². The summed E-state index contributed by atoms with van der Waals surface area (Å²) in [5.41, 5.74) is 3.74. The Bertz CT molecular complexity index is 535. The van der Waals surface area contributed by atoms with E-state index in [1.54, 1.807) is 0 Å². The Labute approximate surface area is 125 Å². The summed E-state index contributed by atoms with van der Waals surface area (Å²) in [6.07, 6.45) is 2.44. The predicted octanol–water partition coefficient (Wildman–Crippen LogP) is 5.06. The highest BCUT2D eigenvalue weighted by molar-refractivity contribution is 6.18. The Kier molecular flexibility index (Phi) is 4.39. The minimum atomic E-state index is 0.158. The van der Waals surface area contributed by atoms with Gasteiger partial charge in [-0.05, 0) is 29.5 Å². The van der Waals surface area contributed by atoms with Crippen molar-refractivity contribution in [3.63, 3.8) is 0 Å². The molecule has 0 radical (unpaired) electrons. The van der Waals surface area contributed by atoms with Gasteiger partial charge in [0, 0.05) is 18.4 Å². The number of halogens is 1. The van der Waals surface area contributed by atoms with Gasteiger partial charge < -0.3 is 4.74 Å². The van der Waals surface area contributed by atoms with Crippen molar-refractivity contribution in [1.82, 2.24) is 0 Å². The van der Waals surface area contributed by atoms with E-state index in [-0.39, 0.29) is 6.10 Å². The lowest BCUT2D eigenvalue weighted by Gasteiger charge is -2.30. The van der Waals surface area contributed by atoms with Crippen LogP contribution in [0.2, 0.25) is 0 Å². The number of hydrogen-bond acceptors (Lipinski definition) is 1. The van der Waals surface area contributed by atoms with Crippen LogP contribution in [0.3, 0.4) is 0 Å². The van der Waals surface area contributed by atoms with Gasteiger partial charge in [-0.2, -0.15) is 0 Å². The fraction of sp³-hybridized carbons (Fsp3) is 0.333. The van der Waals surface area contributed by atoms with Crippen LogP contribution < -0.4 is 0 Å². The molecular weight excluding hydrogens is 268 g/mol. The molecule has 0 amide bonds. The summed E-state index contributed by atoms with van der Waals surface area (Å²) in [6.45, 7) is 0.846. The zero-order valence-corrected chi connectivity index (χ0v) is 12.2. The van der Waals surface area contributed by atoms with Crippen LogP contribution in [0.1, 0.15) is 24.5 Å². The molecule has 0 aliphatic carbocycles. The zero-order valence-electron chi connectivity index (χ0n) is 11.5. The van der Waals surface area contributed by atoms with Crippen LogP contribution >= 0.6 is 11.6 Å². The average Bonchev–Trinajstić information content (AvgIpc) is 2.56. The van der Waals surface area contributed by atoms with Crippen LogP contribution in [-0.2, 0) is 4.74 Å². The molecule has 1 aliphatic heterocycles. The van der Waals surface area contributed by atoms with Gasteiger partial charge in [0.2, 0.25) is 0 Å². The highest BCUT2D eigenvalue weighted by Gasteiger charge is 2.26. The van der Waals surface area contributed by atoms with Gasteiger partial charge in [-0.3, -0.25) is 0 Å². The highest BCUT2D eigenvalue weighted by atomic mass is 35.5. The van der Waals surface area contributed by atoms with Crippen molar-refractivity contribution in [2.75, 3.05) is 12.5 Å². The summed E-state index contributed by atoms with van der Waals surface area (Å²) >= 11 is 6.07. The molecule has 1 aliphatic rings. The van der Waals surface area contributed by atoms with Gasteiger partial charge in [0.05, 0.1) is 6.10 Å². The Balaban J connectivity index is 1.82. The standard InChI is InChI=1S/C18H19ClO/c19-13-17-7-4-12-20-18(17)16-10-8-15(9-11-16)14-5-2-1-3-6-14/h1-3,5-6,8-11,17-18H,4,7,12-13H2. The molecule has 2 aromatic carbocycles. The SMILES string of the molecule is ClCC1CCCOC1c1ccc(-c2ccccc2)cc1. The number of alkyl halides is 1. The quantitative estimate of drug-likeness (QED) is 0.717. The van der Waals surface area contributed by atoms with Gasteiger partial charge >= 0.3 is 0 Å². The highest BCUT2D eigenvalue weighted by Crippen LogP contribution is 2.35. The van der Waals surface area contributed by atoms with Crippen LogP contribution in [-0.4, -0.2) is 12.5 Å².